The highest BCUT2D eigenvalue weighted by Crippen LogP contribution is 2.66. The third-order valence-electron chi connectivity index (χ3n) is 6.20. The maximum absolute atomic E-state index is 14.1. The molecule has 27 heteroatoms. The number of carbonyl (C=O) groups excluding carboxylic acids is 1. The Morgan fingerprint density at radius 3 is 1.09 bits per heavy atom. The van der Waals surface area contributed by atoms with E-state index in [2.05, 4.69) is 4.74 Å². The summed E-state index contributed by atoms with van der Waals surface area (Å²) < 4.78 is 341. The molecule has 1 atom stereocenters. The van der Waals surface area contributed by atoms with E-state index in [0.717, 1.165) is 6.92 Å². The van der Waals surface area contributed by atoms with Crippen LogP contribution in [0.3, 0.4) is 0 Å². The summed E-state index contributed by atoms with van der Waals surface area (Å²) in [5.74, 6) is -96.6. The Bertz CT molecular complexity index is 1100. The van der Waals surface area contributed by atoms with E-state index in [1.165, 1.54) is 0 Å². The van der Waals surface area contributed by atoms with Crippen molar-refractivity contribution in [1.82, 2.24) is 0 Å². The monoisotopic (exact) mass is 762 g/mol. The predicted octanol–water partition coefficient (Wildman–Crippen LogP) is 9.91. The zero-order valence-electron chi connectivity index (χ0n) is 22.2. The standard InChI is InChI=1S/C20H15F25O2/c1-3-47-8(46)6-7(11(25,26)9(2,21)22)4-5-10(23,24)12(27,28)13(29,30)14(31,32)15(33,34)16(35,36)17(37,38)18(39,40)19(41,42)20(43,44)45/h7H,3-6H2,1-2H3. The maximum atomic E-state index is 14.1. The quantitative estimate of drug-likeness (QED) is 0.116. The Kier molecular flexibility index (Phi) is 11.7. The van der Waals surface area contributed by atoms with Crippen molar-refractivity contribution in [2.45, 2.75) is 104 Å². The van der Waals surface area contributed by atoms with Crippen molar-refractivity contribution in [3.63, 3.8) is 0 Å². The van der Waals surface area contributed by atoms with E-state index < -0.39 is 116 Å². The van der Waals surface area contributed by atoms with Gasteiger partial charge < -0.3 is 4.74 Å². The van der Waals surface area contributed by atoms with Gasteiger partial charge in [-0.05, 0) is 13.3 Å². The number of rotatable bonds is 16. The molecule has 0 radical (unpaired) electrons. The summed E-state index contributed by atoms with van der Waals surface area (Å²) in [5.41, 5.74) is 0. The summed E-state index contributed by atoms with van der Waals surface area (Å²) in [5, 5.41) is 0. The smallest absolute Gasteiger partial charge is 0.460 e. The van der Waals surface area contributed by atoms with E-state index >= 15 is 0 Å². The first kappa shape index (κ1) is 44.7. The Morgan fingerprint density at radius 1 is 0.511 bits per heavy atom. The summed E-state index contributed by atoms with van der Waals surface area (Å²) in [6.07, 6.45) is -16.6. The molecule has 47 heavy (non-hydrogen) atoms. The van der Waals surface area contributed by atoms with Gasteiger partial charge in [-0.2, -0.15) is 101 Å². The van der Waals surface area contributed by atoms with Crippen LogP contribution in [-0.2, 0) is 9.53 Å². The van der Waals surface area contributed by atoms with Gasteiger partial charge in [0.15, 0.2) is 0 Å². The Balaban J connectivity index is 7.00. The predicted molar refractivity (Wildman–Crippen MR) is 100 cm³/mol. The van der Waals surface area contributed by atoms with Gasteiger partial charge in [0.1, 0.15) is 0 Å². The molecule has 0 aromatic heterocycles. The van der Waals surface area contributed by atoms with Gasteiger partial charge >= 0.3 is 77.3 Å². The second-order valence-electron chi connectivity index (χ2n) is 9.55. The molecule has 0 bridgehead atoms. The Morgan fingerprint density at radius 2 is 0.809 bits per heavy atom. The lowest BCUT2D eigenvalue weighted by molar-refractivity contribution is -0.474. The van der Waals surface area contributed by atoms with Crippen LogP contribution < -0.4 is 0 Å². The molecule has 0 saturated heterocycles. The molecule has 0 aliphatic carbocycles. The topological polar surface area (TPSA) is 26.3 Å². The molecular formula is C20H15F25O2. The van der Waals surface area contributed by atoms with Crippen LogP contribution in [0, 0.1) is 5.92 Å². The first-order valence-corrected chi connectivity index (χ1v) is 11.4. The molecule has 0 N–H and O–H groups in total. The molecule has 0 aliphatic heterocycles. The van der Waals surface area contributed by atoms with Gasteiger partial charge in [0.2, 0.25) is 0 Å². The summed E-state index contributed by atoms with van der Waals surface area (Å²) in [4.78, 5) is 11.4. The van der Waals surface area contributed by atoms with Crippen LogP contribution in [0.4, 0.5) is 110 Å². The van der Waals surface area contributed by atoms with Crippen LogP contribution >= 0.6 is 0 Å². The lowest BCUT2D eigenvalue weighted by Crippen LogP contribution is -2.76. The average Bonchev–Trinajstić information content (AvgIpc) is 2.84. The minimum absolute atomic E-state index is 0.696. The number of esters is 1. The average molecular weight is 762 g/mol. The molecular weight excluding hydrogens is 747 g/mol. The van der Waals surface area contributed by atoms with Crippen LogP contribution in [0.2, 0.25) is 0 Å². The highest BCUT2D eigenvalue weighted by molar-refractivity contribution is 5.69. The highest BCUT2D eigenvalue weighted by atomic mass is 19.4. The van der Waals surface area contributed by atoms with Crippen molar-refractivity contribution >= 4 is 5.97 Å². The summed E-state index contributed by atoms with van der Waals surface area (Å²) >= 11 is 0. The zero-order valence-corrected chi connectivity index (χ0v) is 22.2. The molecule has 282 valence electrons. The summed E-state index contributed by atoms with van der Waals surface area (Å²) in [6, 6.07) is 0. The van der Waals surface area contributed by atoms with Crippen LogP contribution in [0.15, 0.2) is 0 Å². The fourth-order valence-electron chi connectivity index (χ4n) is 3.29. The molecule has 0 amide bonds. The van der Waals surface area contributed by atoms with Crippen LogP contribution in [0.1, 0.15) is 33.1 Å². The van der Waals surface area contributed by atoms with Gasteiger partial charge in [-0.25, -0.2) is 8.78 Å². The Hall–Kier alpha value is -2.28. The molecule has 1 unspecified atom stereocenters. The number of hydrogen-bond donors (Lipinski definition) is 0. The highest BCUT2D eigenvalue weighted by Gasteiger charge is 2.97. The van der Waals surface area contributed by atoms with E-state index in [9.17, 15) is 115 Å². The first-order valence-electron chi connectivity index (χ1n) is 11.4. The lowest BCUT2D eigenvalue weighted by Gasteiger charge is -2.44. The number of ether oxygens (including phenoxy) is 1. The number of carbonyl (C=O) groups is 1. The Labute approximate surface area is 243 Å². The second kappa shape index (κ2) is 12.2. The minimum Gasteiger partial charge on any atom is -0.466 e. The molecule has 2 nitrogen and oxygen atoms in total. The number of alkyl halides is 25. The lowest BCUT2D eigenvalue weighted by atomic mass is 9.83. The molecule has 0 aromatic carbocycles. The third kappa shape index (κ3) is 6.68. The number of halogens is 25. The van der Waals surface area contributed by atoms with Crippen molar-refractivity contribution in [3.05, 3.63) is 0 Å². The minimum atomic E-state index is -9.40. The fourth-order valence-corrected chi connectivity index (χ4v) is 3.29. The van der Waals surface area contributed by atoms with Gasteiger partial charge in [0.25, 0.3) is 0 Å². The molecule has 0 spiro atoms. The van der Waals surface area contributed by atoms with Crippen molar-refractivity contribution in [2.75, 3.05) is 6.61 Å². The van der Waals surface area contributed by atoms with Crippen molar-refractivity contribution < 1.29 is 119 Å². The molecule has 0 rings (SSSR count). The summed E-state index contributed by atoms with van der Waals surface area (Å²) in [6.45, 7) is -0.555. The second-order valence-corrected chi connectivity index (χ2v) is 9.55. The molecule has 0 heterocycles. The van der Waals surface area contributed by atoms with E-state index in [1.54, 1.807) is 0 Å². The first-order chi connectivity index (χ1) is 20.1. The third-order valence-corrected chi connectivity index (χ3v) is 6.20. The normalized spacial score (nSPS) is 16.7. The van der Waals surface area contributed by atoms with Crippen molar-refractivity contribution in [1.29, 1.82) is 0 Å². The van der Waals surface area contributed by atoms with E-state index in [1.807, 2.05) is 0 Å². The van der Waals surface area contributed by atoms with E-state index in [4.69, 9.17) is 0 Å². The van der Waals surface area contributed by atoms with E-state index in [0.29, 0.717) is 0 Å². The molecule has 0 aromatic rings. The van der Waals surface area contributed by atoms with Gasteiger partial charge in [-0.3, -0.25) is 4.79 Å². The van der Waals surface area contributed by atoms with Crippen LogP contribution in [-0.4, -0.2) is 83.9 Å². The van der Waals surface area contributed by atoms with Gasteiger partial charge in [-0.15, -0.1) is 0 Å². The van der Waals surface area contributed by atoms with Crippen LogP contribution in [0.25, 0.3) is 0 Å². The van der Waals surface area contributed by atoms with Gasteiger partial charge in [0.05, 0.1) is 13.0 Å². The number of hydrogen-bond acceptors (Lipinski definition) is 2. The van der Waals surface area contributed by atoms with Gasteiger partial charge in [-0.1, -0.05) is 0 Å². The molecule has 0 aliphatic rings. The van der Waals surface area contributed by atoms with Crippen molar-refractivity contribution in [3.8, 4) is 0 Å². The fraction of sp³-hybridized carbons (Fsp3) is 0.950. The van der Waals surface area contributed by atoms with E-state index in [-0.39, 0.29) is 0 Å². The zero-order chi connectivity index (χ0) is 38.7. The molecule has 0 fully saturated rings. The van der Waals surface area contributed by atoms with Gasteiger partial charge in [0, 0.05) is 19.3 Å². The maximum Gasteiger partial charge on any atom is 0.460 e. The summed E-state index contributed by atoms with van der Waals surface area (Å²) in [7, 11) is 0. The largest absolute Gasteiger partial charge is 0.466 e. The molecule has 0 saturated carbocycles. The van der Waals surface area contributed by atoms with Crippen molar-refractivity contribution in [2.24, 2.45) is 5.92 Å². The SMILES string of the molecule is CCOC(=O)CC(CCC(F)(F)C(F)(F)C(F)(F)C(F)(F)C(F)(F)C(F)(F)C(F)(F)C(F)(F)C(F)(F)C(F)(F)F)C(F)(F)C(C)(F)F. The van der Waals surface area contributed by atoms with Crippen LogP contribution in [0.5, 0.6) is 0 Å².